The van der Waals surface area contributed by atoms with Crippen molar-refractivity contribution >= 4 is 5.97 Å². The Labute approximate surface area is 200 Å². The maximum atomic E-state index is 14.8. The second-order valence-corrected chi connectivity index (χ2v) is 9.17. The standard InChI is InChI=1S/C26H48FN3O3/c1-4-7-9-10-11-12-13-14-15-16-17-18-20-23(27)25(31)24(26(32)33-6-3)30-21-22(28-29-30)19-8-5-2/h21,23-25,31H,4-20H2,1-3H3/t23-,24-,25-/m0/s1. The van der Waals surface area contributed by atoms with Gasteiger partial charge in [-0.2, -0.15) is 0 Å². The van der Waals surface area contributed by atoms with Crippen LogP contribution in [-0.2, 0) is 16.0 Å². The Morgan fingerprint density at radius 3 is 2.03 bits per heavy atom. The molecule has 0 fully saturated rings. The molecule has 192 valence electrons. The summed E-state index contributed by atoms with van der Waals surface area (Å²) in [5.74, 6) is -0.672. The number of unbranched alkanes of at least 4 members (excludes halogenated alkanes) is 12. The highest BCUT2D eigenvalue weighted by molar-refractivity contribution is 5.74. The third-order valence-corrected chi connectivity index (χ3v) is 6.18. The molecule has 0 aliphatic carbocycles. The van der Waals surface area contributed by atoms with Crippen molar-refractivity contribution in [2.45, 2.75) is 142 Å². The number of hydrogen-bond donors (Lipinski definition) is 1. The molecule has 0 aromatic carbocycles. The van der Waals surface area contributed by atoms with E-state index in [4.69, 9.17) is 4.74 Å². The van der Waals surface area contributed by atoms with Crippen molar-refractivity contribution in [3.63, 3.8) is 0 Å². The summed E-state index contributed by atoms with van der Waals surface area (Å²) in [5.41, 5.74) is 0.731. The van der Waals surface area contributed by atoms with Gasteiger partial charge >= 0.3 is 5.97 Å². The summed E-state index contributed by atoms with van der Waals surface area (Å²) in [6.45, 7) is 6.17. The monoisotopic (exact) mass is 469 g/mol. The Morgan fingerprint density at radius 1 is 0.939 bits per heavy atom. The zero-order chi connectivity index (χ0) is 24.3. The van der Waals surface area contributed by atoms with Gasteiger partial charge in [0.1, 0.15) is 12.3 Å². The molecule has 0 amide bonds. The van der Waals surface area contributed by atoms with Gasteiger partial charge < -0.3 is 9.84 Å². The molecule has 1 rings (SSSR count). The molecule has 7 heteroatoms. The largest absolute Gasteiger partial charge is 0.464 e. The highest BCUT2D eigenvalue weighted by Crippen LogP contribution is 2.23. The zero-order valence-electron chi connectivity index (χ0n) is 21.3. The number of esters is 1. The van der Waals surface area contributed by atoms with Crippen LogP contribution in [0.3, 0.4) is 0 Å². The van der Waals surface area contributed by atoms with E-state index in [2.05, 4.69) is 24.2 Å². The third-order valence-electron chi connectivity index (χ3n) is 6.18. The Morgan fingerprint density at radius 2 is 1.48 bits per heavy atom. The third kappa shape index (κ3) is 12.5. The Kier molecular flexibility index (Phi) is 16.9. The van der Waals surface area contributed by atoms with Gasteiger partial charge in [0.05, 0.1) is 12.3 Å². The number of carbonyl (C=O) groups is 1. The summed E-state index contributed by atoms with van der Waals surface area (Å²) in [6, 6.07) is -1.21. The van der Waals surface area contributed by atoms with E-state index in [-0.39, 0.29) is 13.0 Å². The summed E-state index contributed by atoms with van der Waals surface area (Å²) < 4.78 is 21.2. The molecular weight excluding hydrogens is 421 g/mol. The first-order valence-electron chi connectivity index (χ1n) is 13.4. The van der Waals surface area contributed by atoms with E-state index in [9.17, 15) is 14.3 Å². The van der Waals surface area contributed by atoms with Gasteiger partial charge in [-0.15, -0.1) is 5.10 Å². The number of aryl methyl sites for hydroxylation is 1. The van der Waals surface area contributed by atoms with E-state index >= 15 is 0 Å². The topological polar surface area (TPSA) is 77.2 Å². The van der Waals surface area contributed by atoms with E-state index in [1.165, 1.54) is 62.5 Å². The quantitative estimate of drug-likeness (QED) is 0.164. The number of aliphatic hydroxyl groups is 1. The van der Waals surface area contributed by atoms with Crippen LogP contribution in [0.2, 0.25) is 0 Å². The fourth-order valence-corrected chi connectivity index (χ4v) is 4.10. The highest BCUT2D eigenvalue weighted by Gasteiger charge is 2.36. The molecular formula is C26H48FN3O3. The van der Waals surface area contributed by atoms with Gasteiger partial charge in [0, 0.05) is 6.20 Å². The van der Waals surface area contributed by atoms with Crippen molar-refractivity contribution in [2.75, 3.05) is 6.61 Å². The summed E-state index contributed by atoms with van der Waals surface area (Å²) in [5, 5.41) is 18.7. The van der Waals surface area contributed by atoms with Crippen molar-refractivity contribution < 1.29 is 19.0 Å². The number of hydrogen-bond acceptors (Lipinski definition) is 5. The van der Waals surface area contributed by atoms with E-state index in [1.54, 1.807) is 13.1 Å². The van der Waals surface area contributed by atoms with Gasteiger partial charge in [0.2, 0.25) is 0 Å². The van der Waals surface area contributed by atoms with Crippen molar-refractivity contribution in [2.24, 2.45) is 0 Å². The first-order chi connectivity index (χ1) is 16.0. The van der Waals surface area contributed by atoms with Crippen LogP contribution in [0, 0.1) is 0 Å². The highest BCUT2D eigenvalue weighted by atomic mass is 19.1. The van der Waals surface area contributed by atoms with Crippen molar-refractivity contribution in [3.8, 4) is 0 Å². The van der Waals surface area contributed by atoms with Crippen molar-refractivity contribution in [1.29, 1.82) is 0 Å². The maximum Gasteiger partial charge on any atom is 0.333 e. The summed E-state index contributed by atoms with van der Waals surface area (Å²) in [7, 11) is 0. The number of carbonyl (C=O) groups excluding carboxylic acids is 1. The van der Waals surface area contributed by atoms with E-state index < -0.39 is 24.3 Å². The number of nitrogens with zero attached hydrogens (tertiary/aromatic N) is 3. The normalized spacial score (nSPS) is 14.2. The molecule has 1 heterocycles. The molecule has 0 saturated heterocycles. The number of alkyl halides is 1. The molecule has 0 saturated carbocycles. The zero-order valence-corrected chi connectivity index (χ0v) is 21.3. The Balaban J connectivity index is 2.35. The average molecular weight is 470 g/mol. The fourth-order valence-electron chi connectivity index (χ4n) is 4.10. The second-order valence-electron chi connectivity index (χ2n) is 9.17. The minimum Gasteiger partial charge on any atom is -0.464 e. The fraction of sp³-hybridized carbons (Fsp3) is 0.885. The lowest BCUT2D eigenvalue weighted by molar-refractivity contribution is -0.153. The second kappa shape index (κ2) is 18.9. The van der Waals surface area contributed by atoms with Crippen LogP contribution in [0.25, 0.3) is 0 Å². The molecule has 0 aliphatic rings. The Hall–Kier alpha value is -1.50. The van der Waals surface area contributed by atoms with Crippen molar-refractivity contribution in [3.05, 3.63) is 11.9 Å². The van der Waals surface area contributed by atoms with Crippen LogP contribution in [0.5, 0.6) is 0 Å². The summed E-state index contributed by atoms with van der Waals surface area (Å²) >= 11 is 0. The number of halogens is 1. The number of aromatic nitrogens is 3. The molecule has 1 aromatic heterocycles. The van der Waals surface area contributed by atoms with Gasteiger partial charge in [0.25, 0.3) is 0 Å². The number of rotatable bonds is 21. The van der Waals surface area contributed by atoms with E-state index in [0.717, 1.165) is 37.8 Å². The number of ether oxygens (including phenoxy) is 1. The summed E-state index contributed by atoms with van der Waals surface area (Å²) in [4.78, 5) is 12.5. The van der Waals surface area contributed by atoms with Crippen LogP contribution in [0.4, 0.5) is 4.39 Å². The van der Waals surface area contributed by atoms with E-state index in [0.29, 0.717) is 6.42 Å². The Bertz CT molecular complexity index is 611. The SMILES string of the molecule is CCCCCCCCCCCCCC[C@H](F)[C@H](O)[C@@H](C(=O)OCC)n1cc(CCCC)nn1. The van der Waals surface area contributed by atoms with Crippen LogP contribution in [0.1, 0.15) is 129 Å². The van der Waals surface area contributed by atoms with Crippen molar-refractivity contribution in [1.82, 2.24) is 15.0 Å². The molecule has 33 heavy (non-hydrogen) atoms. The molecule has 0 unspecified atom stereocenters. The minimum absolute atomic E-state index is 0.162. The smallest absolute Gasteiger partial charge is 0.333 e. The molecule has 1 N–H and O–H groups in total. The first-order valence-corrected chi connectivity index (χ1v) is 13.4. The van der Waals surface area contributed by atoms with Crippen LogP contribution < -0.4 is 0 Å². The lowest BCUT2D eigenvalue weighted by Gasteiger charge is -2.24. The van der Waals surface area contributed by atoms with Gasteiger partial charge in [-0.3, -0.25) is 0 Å². The van der Waals surface area contributed by atoms with E-state index in [1.807, 2.05) is 0 Å². The lowest BCUT2D eigenvalue weighted by atomic mass is 10.00. The van der Waals surface area contributed by atoms with Crippen LogP contribution >= 0.6 is 0 Å². The van der Waals surface area contributed by atoms with Gasteiger partial charge in [0.15, 0.2) is 6.04 Å². The molecule has 3 atom stereocenters. The molecule has 1 aromatic rings. The summed E-state index contributed by atoms with van der Waals surface area (Å²) in [6.07, 6.45) is 16.0. The average Bonchev–Trinajstić information content (AvgIpc) is 3.26. The predicted molar refractivity (Wildman–Crippen MR) is 131 cm³/mol. The molecule has 6 nitrogen and oxygen atoms in total. The van der Waals surface area contributed by atoms with Gasteiger partial charge in [-0.1, -0.05) is 103 Å². The van der Waals surface area contributed by atoms with Crippen LogP contribution in [0.15, 0.2) is 6.20 Å². The van der Waals surface area contributed by atoms with Gasteiger partial charge in [-0.25, -0.2) is 13.9 Å². The molecule has 0 radical (unpaired) electrons. The minimum atomic E-state index is -1.51. The predicted octanol–water partition coefficient (Wildman–Crippen LogP) is 6.52. The van der Waals surface area contributed by atoms with Gasteiger partial charge in [-0.05, 0) is 26.2 Å². The number of aliphatic hydroxyl groups excluding tert-OH is 1. The lowest BCUT2D eigenvalue weighted by Crippen LogP contribution is -2.39. The molecule has 0 aliphatic heterocycles. The van der Waals surface area contributed by atoms with Crippen LogP contribution in [-0.4, -0.2) is 45.0 Å². The molecule has 0 bridgehead atoms. The first kappa shape index (κ1) is 29.5. The maximum absolute atomic E-state index is 14.8. The molecule has 0 spiro atoms.